The summed E-state index contributed by atoms with van der Waals surface area (Å²) in [5.74, 6) is 7.40. The Morgan fingerprint density at radius 2 is 1.28 bits per heavy atom. The van der Waals surface area contributed by atoms with Crippen LogP contribution in [0.3, 0.4) is 0 Å². The van der Waals surface area contributed by atoms with Crippen LogP contribution in [0, 0.1) is 31.1 Å². The van der Waals surface area contributed by atoms with Gasteiger partial charge in [-0.25, -0.2) is 5.43 Å². The number of aromatic hydroxyl groups is 2. The molecule has 3 rings (SSSR count). The van der Waals surface area contributed by atoms with E-state index in [1.807, 2.05) is 24.3 Å². The van der Waals surface area contributed by atoms with Crippen molar-refractivity contribution >= 4 is 0 Å². The molecule has 0 saturated heterocycles. The summed E-state index contributed by atoms with van der Waals surface area (Å²) in [5, 5.41) is 20.0. The quantitative estimate of drug-likeness (QED) is 0.126. The molecule has 3 unspecified atom stereocenters. The minimum Gasteiger partial charge on any atom is -1.00 e. The van der Waals surface area contributed by atoms with Crippen LogP contribution in [0.4, 0.5) is 0 Å². The molecular weight excluding hydrogens is 705 g/mol. The van der Waals surface area contributed by atoms with Crippen molar-refractivity contribution in [2.45, 2.75) is 43.6 Å². The average Bonchev–Trinajstić information content (AvgIpc) is 2.90. The maximum atomic E-state index is 9.64. The van der Waals surface area contributed by atoms with Gasteiger partial charge >= 0.3 is 0 Å². The predicted molar refractivity (Wildman–Crippen MR) is 106 cm³/mol. The number of hydrogen-bond donors (Lipinski definition) is 5. The number of nitrogens with two attached hydrogens (primary N) is 1. The van der Waals surface area contributed by atoms with Gasteiger partial charge in [0.15, 0.2) is 0 Å². The Balaban J connectivity index is 0.00000210. The van der Waals surface area contributed by atoms with Crippen molar-refractivity contribution in [2.75, 3.05) is 0 Å². The number of halogens is 1. The SMILES string of the molecule is [I-].[NH-]/C=C/N[NH+](N)C1CCC(c2ccc(O)cc2)C(c2ccc(O)cc2)CC1.[U]. The molecule has 0 aromatic heterocycles. The fraction of sp³-hybridized carbons (Fsp3) is 0.333. The van der Waals surface area contributed by atoms with Gasteiger partial charge in [0.2, 0.25) is 0 Å². The number of nitrogens with one attached hydrogen (secondary N) is 3. The molecule has 0 heterocycles. The Hall–Kier alpha value is -0.918. The topological polar surface area (TPSA) is 107 Å². The molecule has 0 spiro atoms. The van der Waals surface area contributed by atoms with Crippen molar-refractivity contribution in [2.24, 2.45) is 5.84 Å². The van der Waals surface area contributed by atoms with Gasteiger partial charge in [-0.2, -0.15) is 17.2 Å². The van der Waals surface area contributed by atoms with Gasteiger partial charge in [0.25, 0.3) is 0 Å². The van der Waals surface area contributed by atoms with E-state index in [9.17, 15) is 10.2 Å². The van der Waals surface area contributed by atoms with Crippen LogP contribution >= 0.6 is 0 Å². The summed E-state index contributed by atoms with van der Waals surface area (Å²) in [7, 11) is 0. The van der Waals surface area contributed by atoms with Crippen LogP contribution in [0.5, 0.6) is 11.5 Å². The Morgan fingerprint density at radius 3 is 1.66 bits per heavy atom. The first kappa shape index (κ1) is 26.1. The van der Waals surface area contributed by atoms with E-state index in [1.54, 1.807) is 30.5 Å². The third kappa shape index (κ3) is 7.07. The molecule has 29 heavy (non-hydrogen) atoms. The molecule has 1 saturated carbocycles. The van der Waals surface area contributed by atoms with E-state index < -0.39 is 0 Å². The van der Waals surface area contributed by atoms with Crippen LogP contribution in [0.15, 0.2) is 60.9 Å². The third-order valence-corrected chi connectivity index (χ3v) is 5.55. The number of phenolic OH excluding ortho intramolecular Hbond substituents is 2. The summed E-state index contributed by atoms with van der Waals surface area (Å²) in [4.78, 5) is 0. The molecule has 156 valence electrons. The van der Waals surface area contributed by atoms with Gasteiger partial charge < -0.3 is 39.9 Å². The summed E-state index contributed by atoms with van der Waals surface area (Å²) in [6.07, 6.45) is 6.63. The van der Waals surface area contributed by atoms with Gasteiger partial charge in [-0.05, 0) is 60.1 Å². The predicted octanol–water partition coefficient (Wildman–Crippen LogP) is -0.302. The molecule has 0 aliphatic heterocycles. The molecule has 2 aromatic carbocycles. The zero-order valence-electron chi connectivity index (χ0n) is 16.2. The molecule has 2 aromatic rings. The summed E-state index contributed by atoms with van der Waals surface area (Å²) in [6, 6.07) is 15.2. The largest absolute Gasteiger partial charge is 1.00 e. The van der Waals surface area contributed by atoms with Gasteiger partial charge in [-0.3, -0.25) is 0 Å². The fourth-order valence-electron chi connectivity index (χ4n) is 4.12. The standard InChI is InChI=1S/C21H27N4O2.HI.U/c22-13-14-24-25(23)17-5-11-20(15-1-7-18(26)8-2-15)21(12-6-17)16-3-9-19(27)10-4-16;;/h1-4,7-10,13-14,17,20-22,24,26-27H,5-6,11-12,23H2;1H;/q-1;;/b14-13+;;. The second kappa shape index (κ2) is 12.7. The van der Waals surface area contributed by atoms with Crippen LogP contribution in [0.25, 0.3) is 5.73 Å². The van der Waals surface area contributed by atoms with Gasteiger partial charge in [0, 0.05) is 50.2 Å². The normalized spacial score (nSPS) is 22.7. The smallest absolute Gasteiger partial charge is 0.128 e. The molecule has 1 aliphatic rings. The molecule has 3 atom stereocenters. The summed E-state index contributed by atoms with van der Waals surface area (Å²) in [6.45, 7) is 0. The number of benzene rings is 2. The van der Waals surface area contributed by atoms with E-state index in [4.69, 9.17) is 11.6 Å². The van der Waals surface area contributed by atoms with Crippen LogP contribution < -0.4 is 40.4 Å². The fourth-order valence-corrected chi connectivity index (χ4v) is 4.12. The van der Waals surface area contributed by atoms with Crippen molar-refractivity contribution < 1.29 is 70.4 Å². The molecular formula is C21H28IN4O2U-. The minimum atomic E-state index is 0. The van der Waals surface area contributed by atoms with Crippen LogP contribution in [-0.4, -0.2) is 16.3 Å². The first-order valence-corrected chi connectivity index (χ1v) is 9.37. The van der Waals surface area contributed by atoms with Crippen molar-refractivity contribution in [1.82, 2.24) is 5.43 Å². The monoisotopic (exact) mass is 733 g/mol. The molecule has 1 fully saturated rings. The van der Waals surface area contributed by atoms with E-state index in [0.29, 0.717) is 17.0 Å². The number of rotatable bonds is 5. The Labute approximate surface area is 213 Å². The first-order valence-electron chi connectivity index (χ1n) is 9.37. The molecule has 8 heteroatoms. The number of phenols is 2. The van der Waals surface area contributed by atoms with Gasteiger partial charge in [0.05, 0.1) is 0 Å². The van der Waals surface area contributed by atoms with Crippen LogP contribution in [0.2, 0.25) is 0 Å². The van der Waals surface area contributed by atoms with Crippen LogP contribution in [0.1, 0.15) is 48.6 Å². The Kier molecular flexibility index (Phi) is 11.4. The van der Waals surface area contributed by atoms with Crippen LogP contribution in [-0.2, 0) is 0 Å². The van der Waals surface area contributed by atoms with Crippen molar-refractivity contribution in [3.63, 3.8) is 0 Å². The van der Waals surface area contributed by atoms with E-state index in [2.05, 4.69) is 5.43 Å². The molecule has 7 N–H and O–H groups in total. The molecule has 0 radical (unpaired) electrons. The Bertz CT molecular complexity index is 703. The molecule has 1 aliphatic carbocycles. The van der Waals surface area contributed by atoms with Crippen molar-refractivity contribution in [3.8, 4) is 11.5 Å². The maximum Gasteiger partial charge on any atom is 0.128 e. The second-order valence-electron chi connectivity index (χ2n) is 7.18. The maximum absolute atomic E-state index is 9.64. The zero-order chi connectivity index (χ0) is 19.2. The van der Waals surface area contributed by atoms with Gasteiger partial charge in [-0.1, -0.05) is 24.3 Å². The van der Waals surface area contributed by atoms with E-state index >= 15 is 0 Å². The van der Waals surface area contributed by atoms with E-state index in [-0.39, 0.29) is 72.6 Å². The minimum absolute atomic E-state index is 0. The van der Waals surface area contributed by atoms with Crippen molar-refractivity contribution in [1.29, 1.82) is 0 Å². The number of hydrogen-bond acceptors (Lipinski definition) is 4. The summed E-state index contributed by atoms with van der Waals surface area (Å²) >= 11 is 0. The summed E-state index contributed by atoms with van der Waals surface area (Å²) < 4.78 is 0. The van der Waals surface area contributed by atoms with Gasteiger partial charge in [0.1, 0.15) is 17.5 Å². The van der Waals surface area contributed by atoms with Crippen molar-refractivity contribution in [3.05, 3.63) is 77.8 Å². The molecule has 6 nitrogen and oxygen atoms in total. The number of quaternary nitrogens is 1. The summed E-state index contributed by atoms with van der Waals surface area (Å²) in [5.41, 5.74) is 12.6. The zero-order valence-corrected chi connectivity index (χ0v) is 22.5. The Morgan fingerprint density at radius 1 is 0.862 bits per heavy atom. The third-order valence-electron chi connectivity index (χ3n) is 5.55. The molecule has 0 bridgehead atoms. The van der Waals surface area contributed by atoms with E-state index in [1.165, 1.54) is 17.3 Å². The average molecular weight is 733 g/mol. The first-order chi connectivity index (χ1) is 13.1. The molecule has 0 amide bonds. The van der Waals surface area contributed by atoms with E-state index in [0.717, 1.165) is 25.7 Å². The second-order valence-corrected chi connectivity index (χ2v) is 7.18. The van der Waals surface area contributed by atoms with Gasteiger partial charge in [-0.15, -0.1) is 0 Å².